The molecule has 1 N–H and O–H groups in total. The van der Waals surface area contributed by atoms with Gasteiger partial charge < -0.3 is 14.4 Å². The predicted octanol–water partition coefficient (Wildman–Crippen LogP) is 3.66. The van der Waals surface area contributed by atoms with E-state index in [0.29, 0.717) is 15.6 Å². The van der Waals surface area contributed by atoms with Crippen LogP contribution in [0.3, 0.4) is 0 Å². The van der Waals surface area contributed by atoms with Crippen LogP contribution in [0.15, 0.2) is 51.9 Å². The van der Waals surface area contributed by atoms with Gasteiger partial charge in [-0.15, -0.1) is 0 Å². The Hall–Kier alpha value is -2.67. The second-order valence-electron chi connectivity index (χ2n) is 5.44. The van der Waals surface area contributed by atoms with Crippen molar-refractivity contribution >= 4 is 32.8 Å². The maximum absolute atomic E-state index is 13.9. The number of fused-ring (bicyclic) bond motifs is 1. The van der Waals surface area contributed by atoms with Crippen LogP contribution in [0.5, 0.6) is 5.75 Å². The number of hydrogen-bond acceptors (Lipinski definition) is 3. The fraction of sp³-hybridized carbons (Fsp3) is 0.111. The lowest BCUT2D eigenvalue weighted by molar-refractivity contribution is 0.0695. The Morgan fingerprint density at radius 1 is 1.28 bits per heavy atom. The fourth-order valence-electron chi connectivity index (χ4n) is 2.66. The molecule has 5 nitrogen and oxygen atoms in total. The second-order valence-corrected chi connectivity index (χ2v) is 6.35. The quantitative estimate of drug-likeness (QED) is 0.718. The summed E-state index contributed by atoms with van der Waals surface area (Å²) >= 11 is 3.29. The van der Waals surface area contributed by atoms with Gasteiger partial charge in [0.2, 0.25) is 5.43 Å². The lowest BCUT2D eigenvalue weighted by Crippen LogP contribution is -2.19. The van der Waals surface area contributed by atoms with Crippen molar-refractivity contribution in [2.75, 3.05) is 7.11 Å². The molecular formula is C18H13BrFNO4. The van der Waals surface area contributed by atoms with Crippen molar-refractivity contribution in [2.45, 2.75) is 6.54 Å². The molecule has 3 rings (SSSR count). The number of pyridine rings is 1. The summed E-state index contributed by atoms with van der Waals surface area (Å²) in [6, 6.07) is 9.56. The van der Waals surface area contributed by atoms with Gasteiger partial charge in [0, 0.05) is 22.6 Å². The first-order valence-corrected chi connectivity index (χ1v) is 8.08. The van der Waals surface area contributed by atoms with Gasteiger partial charge in [-0.05, 0) is 35.9 Å². The molecule has 0 aliphatic rings. The zero-order valence-corrected chi connectivity index (χ0v) is 14.7. The number of ether oxygens (including phenoxy) is 1. The molecule has 7 heteroatoms. The number of carbonyl (C=O) groups is 1. The van der Waals surface area contributed by atoms with Crippen LogP contribution in [0.4, 0.5) is 4.39 Å². The van der Waals surface area contributed by atoms with E-state index >= 15 is 0 Å². The maximum atomic E-state index is 13.9. The van der Waals surface area contributed by atoms with E-state index in [1.54, 1.807) is 28.8 Å². The van der Waals surface area contributed by atoms with Gasteiger partial charge in [0.15, 0.2) is 11.6 Å². The second kappa shape index (κ2) is 6.68. The molecule has 0 bridgehead atoms. The average Bonchev–Trinajstić information content (AvgIpc) is 2.57. The van der Waals surface area contributed by atoms with Crippen molar-refractivity contribution in [1.82, 2.24) is 4.57 Å². The minimum absolute atomic E-state index is 0.128. The highest BCUT2D eigenvalue weighted by Crippen LogP contribution is 2.22. The van der Waals surface area contributed by atoms with E-state index in [0.717, 1.165) is 0 Å². The summed E-state index contributed by atoms with van der Waals surface area (Å²) in [4.78, 5) is 23.8. The standard InChI is InChI=1S/C18H13BrFNO4/c1-25-16-5-2-10(6-14(16)20)8-21-9-13(18(23)24)17(22)12-7-11(19)3-4-15(12)21/h2-7,9H,8H2,1H3,(H,23,24). The number of aromatic nitrogens is 1. The Morgan fingerprint density at radius 3 is 2.68 bits per heavy atom. The predicted molar refractivity (Wildman–Crippen MR) is 94.9 cm³/mol. The van der Waals surface area contributed by atoms with Gasteiger partial charge in [0.25, 0.3) is 0 Å². The molecule has 2 aromatic carbocycles. The van der Waals surface area contributed by atoms with Crippen LogP contribution in [-0.2, 0) is 6.54 Å². The third-order valence-electron chi connectivity index (χ3n) is 3.84. The van der Waals surface area contributed by atoms with E-state index < -0.39 is 17.2 Å². The Kier molecular flexibility index (Phi) is 4.59. The molecule has 0 radical (unpaired) electrons. The van der Waals surface area contributed by atoms with E-state index in [1.165, 1.54) is 25.4 Å². The molecule has 0 unspecified atom stereocenters. The summed E-state index contributed by atoms with van der Waals surface area (Å²) in [5.41, 5.74) is 0.289. The van der Waals surface area contributed by atoms with Gasteiger partial charge in [-0.25, -0.2) is 9.18 Å². The third-order valence-corrected chi connectivity index (χ3v) is 4.33. The Bertz CT molecular complexity index is 1050. The maximum Gasteiger partial charge on any atom is 0.341 e. The van der Waals surface area contributed by atoms with E-state index in [-0.39, 0.29) is 23.2 Å². The molecule has 0 atom stereocenters. The van der Waals surface area contributed by atoms with Gasteiger partial charge in [-0.2, -0.15) is 0 Å². The zero-order valence-electron chi connectivity index (χ0n) is 13.1. The number of aromatic carboxylic acids is 1. The van der Waals surface area contributed by atoms with Gasteiger partial charge >= 0.3 is 5.97 Å². The average molecular weight is 406 g/mol. The van der Waals surface area contributed by atoms with Gasteiger partial charge in [0.1, 0.15) is 5.56 Å². The van der Waals surface area contributed by atoms with Gasteiger partial charge in [-0.3, -0.25) is 4.79 Å². The first-order valence-electron chi connectivity index (χ1n) is 7.29. The molecule has 3 aromatic rings. The number of rotatable bonds is 4. The van der Waals surface area contributed by atoms with E-state index in [9.17, 15) is 19.1 Å². The SMILES string of the molecule is COc1ccc(Cn2cc(C(=O)O)c(=O)c3cc(Br)ccc32)cc1F. The van der Waals surface area contributed by atoms with E-state index in [4.69, 9.17) is 4.74 Å². The van der Waals surface area contributed by atoms with Gasteiger partial charge in [-0.1, -0.05) is 22.0 Å². The van der Waals surface area contributed by atoms with Crippen LogP contribution < -0.4 is 10.2 Å². The Morgan fingerprint density at radius 2 is 2.04 bits per heavy atom. The lowest BCUT2D eigenvalue weighted by atomic mass is 10.1. The first-order chi connectivity index (χ1) is 11.9. The number of hydrogen-bond donors (Lipinski definition) is 1. The van der Waals surface area contributed by atoms with Crippen molar-refractivity contribution in [2.24, 2.45) is 0 Å². The number of carboxylic acid groups (broad SMARTS) is 1. The van der Waals surface area contributed by atoms with Crippen LogP contribution >= 0.6 is 15.9 Å². The summed E-state index contributed by atoms with van der Waals surface area (Å²) in [5, 5.41) is 9.58. The number of methoxy groups -OCH3 is 1. The minimum Gasteiger partial charge on any atom is -0.494 e. The summed E-state index contributed by atoms with van der Waals surface area (Å²) < 4.78 is 21.1. The van der Waals surface area contributed by atoms with Crippen molar-refractivity contribution in [3.05, 3.63) is 74.2 Å². The molecule has 1 heterocycles. The van der Waals surface area contributed by atoms with Crippen LogP contribution in [0.25, 0.3) is 10.9 Å². The fourth-order valence-corrected chi connectivity index (χ4v) is 3.02. The Labute approximate surface area is 150 Å². The highest BCUT2D eigenvalue weighted by Gasteiger charge is 2.15. The van der Waals surface area contributed by atoms with Crippen molar-refractivity contribution in [3.8, 4) is 5.75 Å². The molecule has 0 aliphatic heterocycles. The third kappa shape index (κ3) is 3.28. The molecule has 1 aromatic heterocycles. The van der Waals surface area contributed by atoms with Crippen LogP contribution in [-0.4, -0.2) is 22.8 Å². The van der Waals surface area contributed by atoms with Crippen LogP contribution in [0.1, 0.15) is 15.9 Å². The molecule has 0 amide bonds. The number of benzene rings is 2. The number of halogens is 2. The highest BCUT2D eigenvalue weighted by molar-refractivity contribution is 9.10. The topological polar surface area (TPSA) is 68.5 Å². The molecule has 0 fully saturated rings. The smallest absolute Gasteiger partial charge is 0.341 e. The van der Waals surface area contributed by atoms with Crippen LogP contribution in [0.2, 0.25) is 0 Å². The van der Waals surface area contributed by atoms with Crippen molar-refractivity contribution < 1.29 is 19.0 Å². The molecule has 0 aliphatic carbocycles. The summed E-state index contributed by atoms with van der Waals surface area (Å²) in [6.07, 6.45) is 1.28. The van der Waals surface area contributed by atoms with E-state index in [1.807, 2.05) is 0 Å². The largest absolute Gasteiger partial charge is 0.494 e. The van der Waals surface area contributed by atoms with Crippen LogP contribution in [0, 0.1) is 5.82 Å². The lowest BCUT2D eigenvalue weighted by Gasteiger charge is -2.13. The van der Waals surface area contributed by atoms with Crippen molar-refractivity contribution in [1.29, 1.82) is 0 Å². The van der Waals surface area contributed by atoms with Crippen molar-refractivity contribution in [3.63, 3.8) is 0 Å². The molecular weight excluding hydrogens is 393 g/mol. The molecule has 0 saturated carbocycles. The normalized spacial score (nSPS) is 10.8. The number of carboxylic acids is 1. The number of nitrogens with zero attached hydrogens (tertiary/aromatic N) is 1. The summed E-state index contributed by atoms with van der Waals surface area (Å²) in [6.45, 7) is 0.208. The Balaban J connectivity index is 2.18. The monoisotopic (exact) mass is 405 g/mol. The molecule has 0 saturated heterocycles. The van der Waals surface area contributed by atoms with E-state index in [2.05, 4.69) is 15.9 Å². The minimum atomic E-state index is -1.30. The van der Waals surface area contributed by atoms with Gasteiger partial charge in [0.05, 0.1) is 12.6 Å². The summed E-state index contributed by atoms with van der Waals surface area (Å²) in [7, 11) is 1.38. The molecule has 25 heavy (non-hydrogen) atoms. The highest BCUT2D eigenvalue weighted by atomic mass is 79.9. The zero-order chi connectivity index (χ0) is 18.1. The first kappa shape index (κ1) is 17.2. The summed E-state index contributed by atoms with van der Waals surface area (Å²) in [5.74, 6) is -1.68. The molecule has 128 valence electrons. The molecule has 0 spiro atoms.